The van der Waals surface area contributed by atoms with E-state index in [-0.39, 0.29) is 0 Å². The number of hydrogen-bond acceptors (Lipinski definition) is 4. The van der Waals surface area contributed by atoms with Gasteiger partial charge in [-0.2, -0.15) is 14.6 Å². The molecule has 4 rings (SSSR count). The van der Waals surface area contributed by atoms with Gasteiger partial charge in [-0.3, -0.25) is 0 Å². The van der Waals surface area contributed by atoms with Crippen LogP contribution in [-0.4, -0.2) is 24.1 Å². The normalized spacial score (nSPS) is 17.7. The molecule has 0 fully saturated rings. The molecule has 0 spiro atoms. The third kappa shape index (κ3) is 1.98. The molecule has 0 bridgehead atoms. The molecule has 0 saturated heterocycles. The molecular weight excluding hydrogens is 276 g/mol. The Kier molecular flexibility index (Phi) is 2.92. The lowest BCUT2D eigenvalue weighted by molar-refractivity contribution is 0.575. The zero-order valence-electron chi connectivity index (χ0n) is 13.2. The Morgan fingerprint density at radius 1 is 1.27 bits per heavy atom. The van der Waals surface area contributed by atoms with Crippen molar-refractivity contribution in [3.05, 3.63) is 41.1 Å². The first-order valence-corrected chi connectivity index (χ1v) is 7.72. The van der Waals surface area contributed by atoms with Gasteiger partial charge < -0.3 is 9.88 Å². The van der Waals surface area contributed by atoms with Gasteiger partial charge in [0.1, 0.15) is 12.1 Å². The van der Waals surface area contributed by atoms with Crippen LogP contribution in [0.15, 0.2) is 18.5 Å². The highest BCUT2D eigenvalue weighted by Crippen LogP contribution is 2.34. The first-order valence-electron chi connectivity index (χ1n) is 7.72. The van der Waals surface area contributed by atoms with Gasteiger partial charge in [-0.05, 0) is 44.7 Å². The van der Waals surface area contributed by atoms with E-state index in [1.54, 1.807) is 10.8 Å². The lowest BCUT2D eigenvalue weighted by atomic mass is 9.92. The number of aryl methyl sites for hydroxylation is 2. The molecule has 1 N–H and O–H groups in total. The highest BCUT2D eigenvalue weighted by molar-refractivity contribution is 5.48. The summed E-state index contributed by atoms with van der Waals surface area (Å²) in [5.74, 6) is 1.60. The summed E-state index contributed by atoms with van der Waals surface area (Å²) < 4.78 is 4.09. The Bertz CT molecular complexity index is 844. The lowest BCUT2D eigenvalue weighted by Gasteiger charge is -2.25. The Morgan fingerprint density at radius 2 is 2.14 bits per heavy atom. The van der Waals surface area contributed by atoms with Gasteiger partial charge in [0.2, 0.25) is 0 Å². The van der Waals surface area contributed by atoms with Crippen LogP contribution in [0.2, 0.25) is 0 Å². The van der Waals surface area contributed by atoms with Crippen molar-refractivity contribution in [3.63, 3.8) is 0 Å². The minimum Gasteiger partial charge on any atom is -0.363 e. The van der Waals surface area contributed by atoms with Crippen LogP contribution in [0.5, 0.6) is 0 Å². The van der Waals surface area contributed by atoms with Crippen LogP contribution in [-0.2, 0) is 13.5 Å². The number of fused-ring (bicyclic) bond motifs is 2. The largest absolute Gasteiger partial charge is 0.363 e. The monoisotopic (exact) mass is 296 g/mol. The third-order valence-corrected chi connectivity index (χ3v) is 4.62. The molecule has 3 aromatic heterocycles. The van der Waals surface area contributed by atoms with Crippen molar-refractivity contribution in [3.8, 4) is 0 Å². The Hall–Kier alpha value is -2.37. The SMILES string of the molecule is Cc1cc(NC2CCCc3c2cc(C)n3C)n2ncnc2n1. The van der Waals surface area contributed by atoms with E-state index in [4.69, 9.17) is 0 Å². The van der Waals surface area contributed by atoms with E-state index in [1.165, 1.54) is 23.4 Å². The van der Waals surface area contributed by atoms with Crippen molar-refractivity contribution in [1.29, 1.82) is 0 Å². The predicted octanol–water partition coefficient (Wildman–Crippen LogP) is 2.57. The minimum atomic E-state index is 0.317. The van der Waals surface area contributed by atoms with E-state index in [9.17, 15) is 0 Å². The molecule has 114 valence electrons. The summed E-state index contributed by atoms with van der Waals surface area (Å²) in [5, 5.41) is 7.93. The maximum Gasteiger partial charge on any atom is 0.254 e. The summed E-state index contributed by atoms with van der Waals surface area (Å²) in [4.78, 5) is 8.59. The molecule has 1 aliphatic rings. The van der Waals surface area contributed by atoms with Gasteiger partial charge in [0.05, 0.1) is 6.04 Å². The van der Waals surface area contributed by atoms with Gasteiger partial charge >= 0.3 is 0 Å². The number of anilines is 1. The van der Waals surface area contributed by atoms with E-state index < -0.39 is 0 Å². The minimum absolute atomic E-state index is 0.317. The quantitative estimate of drug-likeness (QED) is 0.789. The molecule has 3 heterocycles. The van der Waals surface area contributed by atoms with E-state index >= 15 is 0 Å². The van der Waals surface area contributed by atoms with E-state index in [2.05, 4.69) is 45.0 Å². The van der Waals surface area contributed by atoms with Gasteiger partial charge in [0.25, 0.3) is 5.78 Å². The van der Waals surface area contributed by atoms with Crippen LogP contribution in [0, 0.1) is 13.8 Å². The van der Waals surface area contributed by atoms with Crippen molar-refractivity contribution in [2.75, 3.05) is 5.32 Å². The highest BCUT2D eigenvalue weighted by atomic mass is 15.4. The molecule has 1 atom stereocenters. The van der Waals surface area contributed by atoms with Crippen LogP contribution >= 0.6 is 0 Å². The third-order valence-electron chi connectivity index (χ3n) is 4.62. The van der Waals surface area contributed by atoms with Crippen LogP contribution in [0.4, 0.5) is 5.82 Å². The summed E-state index contributed by atoms with van der Waals surface area (Å²) in [6, 6.07) is 4.66. The van der Waals surface area contributed by atoms with Gasteiger partial charge in [-0.1, -0.05) is 0 Å². The standard InChI is InChI=1S/C16H20N6/c1-10-7-15(22-16(19-10)17-9-18-22)20-13-5-4-6-14-12(13)8-11(2)21(14)3/h7-9,13,20H,4-6H2,1-3H3. The molecule has 0 saturated carbocycles. The molecule has 6 nitrogen and oxygen atoms in total. The molecule has 22 heavy (non-hydrogen) atoms. The number of nitrogens with zero attached hydrogens (tertiary/aromatic N) is 5. The van der Waals surface area contributed by atoms with Crippen molar-refractivity contribution >= 4 is 11.6 Å². The van der Waals surface area contributed by atoms with Crippen molar-refractivity contribution < 1.29 is 0 Å². The Balaban J connectivity index is 1.75. The Labute approximate surface area is 129 Å². The topological polar surface area (TPSA) is 60.0 Å². The van der Waals surface area contributed by atoms with Crippen LogP contribution < -0.4 is 5.32 Å². The second-order valence-corrected chi connectivity index (χ2v) is 6.09. The predicted molar refractivity (Wildman–Crippen MR) is 85.0 cm³/mol. The van der Waals surface area contributed by atoms with Gasteiger partial charge in [0, 0.05) is 30.2 Å². The number of rotatable bonds is 2. The maximum absolute atomic E-state index is 4.40. The lowest BCUT2D eigenvalue weighted by Crippen LogP contribution is -2.19. The first kappa shape index (κ1) is 13.3. The molecule has 1 unspecified atom stereocenters. The average molecular weight is 296 g/mol. The summed E-state index contributed by atoms with van der Waals surface area (Å²) in [6.45, 7) is 4.15. The molecule has 0 radical (unpaired) electrons. The smallest absolute Gasteiger partial charge is 0.254 e. The summed E-state index contributed by atoms with van der Waals surface area (Å²) in [7, 11) is 2.16. The summed E-state index contributed by atoms with van der Waals surface area (Å²) >= 11 is 0. The zero-order chi connectivity index (χ0) is 15.3. The molecule has 0 amide bonds. The summed E-state index contributed by atoms with van der Waals surface area (Å²) in [6.07, 6.45) is 5.04. The second kappa shape index (κ2) is 4.83. The molecule has 0 aliphatic heterocycles. The number of nitrogens with one attached hydrogen (secondary N) is 1. The fraction of sp³-hybridized carbons (Fsp3) is 0.438. The molecule has 1 aliphatic carbocycles. The zero-order valence-corrected chi connectivity index (χ0v) is 13.2. The van der Waals surface area contributed by atoms with Crippen molar-refractivity contribution in [2.24, 2.45) is 7.05 Å². The van der Waals surface area contributed by atoms with Gasteiger partial charge in [0.15, 0.2) is 0 Å². The molecule has 3 aromatic rings. The van der Waals surface area contributed by atoms with E-state index in [1.807, 2.05) is 13.0 Å². The number of aromatic nitrogens is 5. The highest BCUT2D eigenvalue weighted by Gasteiger charge is 2.24. The van der Waals surface area contributed by atoms with Crippen LogP contribution in [0.3, 0.4) is 0 Å². The van der Waals surface area contributed by atoms with Crippen LogP contribution in [0.1, 0.15) is 41.5 Å². The second-order valence-electron chi connectivity index (χ2n) is 6.09. The van der Waals surface area contributed by atoms with Crippen molar-refractivity contribution in [1.82, 2.24) is 24.1 Å². The van der Waals surface area contributed by atoms with Crippen molar-refractivity contribution in [2.45, 2.75) is 39.2 Å². The fourth-order valence-corrected chi connectivity index (χ4v) is 3.42. The molecular formula is C16H20N6. The fourth-order valence-electron chi connectivity index (χ4n) is 3.42. The van der Waals surface area contributed by atoms with Gasteiger partial charge in [-0.25, -0.2) is 4.98 Å². The van der Waals surface area contributed by atoms with E-state index in [0.717, 1.165) is 24.4 Å². The molecule has 6 heteroatoms. The average Bonchev–Trinajstić information content (AvgIpc) is 3.06. The summed E-state index contributed by atoms with van der Waals surface area (Å²) in [5.41, 5.74) is 5.12. The van der Waals surface area contributed by atoms with E-state index in [0.29, 0.717) is 11.8 Å². The Morgan fingerprint density at radius 3 is 3.00 bits per heavy atom. The maximum atomic E-state index is 4.40. The van der Waals surface area contributed by atoms with Crippen LogP contribution in [0.25, 0.3) is 5.78 Å². The molecule has 0 aromatic carbocycles. The van der Waals surface area contributed by atoms with Gasteiger partial charge in [-0.15, -0.1) is 0 Å². The number of hydrogen-bond donors (Lipinski definition) is 1. The first-order chi connectivity index (χ1) is 10.6.